The van der Waals surface area contributed by atoms with E-state index in [1.165, 1.54) is 0 Å². The number of rotatable bonds is 6. The van der Waals surface area contributed by atoms with Crippen LogP contribution in [-0.4, -0.2) is 12.6 Å². The maximum atomic E-state index is 11.5. The van der Waals surface area contributed by atoms with Crippen LogP contribution in [0.25, 0.3) is 0 Å². The molecular weight excluding hydrogens is 294 g/mol. The van der Waals surface area contributed by atoms with E-state index >= 15 is 0 Å². The molecule has 2 aromatic carbocycles. The molecular formula is C17H16N3O3-. The molecule has 118 valence electrons. The molecule has 0 amide bonds. The van der Waals surface area contributed by atoms with Crippen molar-refractivity contribution in [2.24, 2.45) is 0 Å². The van der Waals surface area contributed by atoms with E-state index in [2.05, 4.69) is 5.32 Å². The number of nitrogens with two attached hydrogens (primary N) is 1. The largest absolute Gasteiger partial charge is 0.548 e. The quantitative estimate of drug-likeness (QED) is 0.781. The maximum absolute atomic E-state index is 11.5. The molecule has 2 aromatic rings. The monoisotopic (exact) mass is 310 g/mol. The smallest absolute Gasteiger partial charge is 0.142 e. The molecule has 1 atom stereocenters. The van der Waals surface area contributed by atoms with Gasteiger partial charge in [-0.1, -0.05) is 6.07 Å². The summed E-state index contributed by atoms with van der Waals surface area (Å²) in [5.74, 6) is -0.773. The average molecular weight is 310 g/mol. The Morgan fingerprint density at radius 1 is 1.35 bits per heavy atom. The number of benzene rings is 2. The summed E-state index contributed by atoms with van der Waals surface area (Å²) in [7, 11) is 0. The number of nitrogen functional groups attached to an aromatic ring is 1. The van der Waals surface area contributed by atoms with E-state index in [4.69, 9.17) is 15.7 Å². The van der Waals surface area contributed by atoms with Crippen LogP contribution in [0.2, 0.25) is 0 Å². The molecule has 0 bridgehead atoms. The summed E-state index contributed by atoms with van der Waals surface area (Å²) in [6.45, 7) is 2.31. The molecule has 23 heavy (non-hydrogen) atoms. The number of nitrogens with one attached hydrogen (secondary N) is 1. The number of anilines is 2. The van der Waals surface area contributed by atoms with Crippen LogP contribution in [0.1, 0.15) is 24.1 Å². The first-order chi connectivity index (χ1) is 11.0. The standard InChI is InChI=1S/C17H17N3O3/c1-2-23-15-8-5-12(9-14(15)19)16(17(21)22)20-13-6-3-11(10-18)4-7-13/h3-9,16,20H,2,19H2,1H3,(H,21,22)/p-1. The molecule has 6 nitrogen and oxygen atoms in total. The average Bonchev–Trinajstić information content (AvgIpc) is 2.55. The number of carboxylic acid groups (broad SMARTS) is 1. The van der Waals surface area contributed by atoms with Crippen LogP contribution in [-0.2, 0) is 4.79 Å². The Morgan fingerprint density at radius 2 is 2.04 bits per heavy atom. The Kier molecular flexibility index (Phi) is 5.05. The zero-order chi connectivity index (χ0) is 16.8. The molecule has 3 N–H and O–H groups in total. The second-order valence-electron chi connectivity index (χ2n) is 4.82. The van der Waals surface area contributed by atoms with Gasteiger partial charge in [-0.2, -0.15) is 5.26 Å². The van der Waals surface area contributed by atoms with Crippen molar-refractivity contribution in [1.82, 2.24) is 0 Å². The number of carbonyl (C=O) groups excluding carboxylic acids is 1. The third kappa shape index (κ3) is 3.92. The Morgan fingerprint density at radius 3 is 2.57 bits per heavy atom. The van der Waals surface area contributed by atoms with Gasteiger partial charge in [0.1, 0.15) is 5.75 Å². The van der Waals surface area contributed by atoms with E-state index < -0.39 is 12.0 Å². The number of hydrogen-bond donors (Lipinski definition) is 2. The van der Waals surface area contributed by atoms with Gasteiger partial charge in [-0.05, 0) is 48.9 Å². The molecule has 1 unspecified atom stereocenters. The van der Waals surface area contributed by atoms with Crippen molar-refractivity contribution in [2.75, 3.05) is 17.7 Å². The van der Waals surface area contributed by atoms with Crippen molar-refractivity contribution >= 4 is 17.3 Å². The van der Waals surface area contributed by atoms with Crippen molar-refractivity contribution in [2.45, 2.75) is 13.0 Å². The highest BCUT2D eigenvalue weighted by molar-refractivity contribution is 5.78. The minimum Gasteiger partial charge on any atom is -0.548 e. The van der Waals surface area contributed by atoms with Gasteiger partial charge in [-0.25, -0.2) is 0 Å². The molecule has 0 fully saturated rings. The fourth-order valence-corrected chi connectivity index (χ4v) is 2.12. The van der Waals surface area contributed by atoms with Crippen molar-refractivity contribution in [3.05, 3.63) is 53.6 Å². The molecule has 6 heteroatoms. The van der Waals surface area contributed by atoms with E-state index in [-0.39, 0.29) is 0 Å². The third-order valence-corrected chi connectivity index (χ3v) is 3.23. The van der Waals surface area contributed by atoms with Crippen LogP contribution < -0.4 is 20.9 Å². The number of ether oxygens (including phenoxy) is 1. The van der Waals surface area contributed by atoms with Crippen molar-refractivity contribution in [3.8, 4) is 11.8 Å². The molecule has 2 rings (SSSR count). The number of aliphatic carboxylic acids is 1. The SMILES string of the molecule is CCOc1ccc(C(Nc2ccc(C#N)cc2)C(=O)[O-])cc1N. The first kappa shape index (κ1) is 16.2. The van der Waals surface area contributed by atoms with Gasteiger partial charge >= 0.3 is 0 Å². The maximum Gasteiger partial charge on any atom is 0.142 e. The highest BCUT2D eigenvalue weighted by Gasteiger charge is 2.14. The molecule has 0 aromatic heterocycles. The minimum atomic E-state index is -1.28. The van der Waals surface area contributed by atoms with E-state index in [1.807, 2.05) is 13.0 Å². The Bertz CT molecular complexity index is 736. The number of nitrogens with zero attached hydrogens (tertiary/aromatic N) is 1. The Hall–Kier alpha value is -3.20. The van der Waals surface area contributed by atoms with E-state index in [0.717, 1.165) is 0 Å². The fourth-order valence-electron chi connectivity index (χ4n) is 2.12. The highest BCUT2D eigenvalue weighted by Crippen LogP contribution is 2.27. The molecule has 0 heterocycles. The van der Waals surface area contributed by atoms with Gasteiger partial charge in [0.15, 0.2) is 0 Å². The van der Waals surface area contributed by atoms with Crippen LogP contribution in [0, 0.1) is 11.3 Å². The van der Waals surface area contributed by atoms with Gasteiger partial charge < -0.3 is 25.7 Å². The summed E-state index contributed by atoms with van der Waals surface area (Å²) in [5, 5.41) is 23.1. The molecule has 0 radical (unpaired) electrons. The zero-order valence-electron chi connectivity index (χ0n) is 12.6. The first-order valence-electron chi connectivity index (χ1n) is 7.05. The summed E-state index contributed by atoms with van der Waals surface area (Å²) in [6.07, 6.45) is 0. The zero-order valence-corrected chi connectivity index (χ0v) is 12.6. The molecule has 0 spiro atoms. The molecule has 0 saturated heterocycles. The fraction of sp³-hybridized carbons (Fsp3) is 0.176. The summed E-state index contributed by atoms with van der Waals surface area (Å²) in [4.78, 5) is 11.5. The van der Waals surface area contributed by atoms with Crippen molar-refractivity contribution in [1.29, 1.82) is 5.26 Å². The van der Waals surface area contributed by atoms with Crippen molar-refractivity contribution < 1.29 is 14.6 Å². The topological polar surface area (TPSA) is 111 Å². The molecule has 0 aliphatic heterocycles. The van der Waals surface area contributed by atoms with Gasteiger partial charge in [0, 0.05) is 5.69 Å². The van der Waals surface area contributed by atoms with Crippen LogP contribution >= 0.6 is 0 Å². The van der Waals surface area contributed by atoms with Crippen LogP contribution in [0.4, 0.5) is 11.4 Å². The lowest BCUT2D eigenvalue weighted by molar-refractivity contribution is -0.307. The second kappa shape index (κ2) is 7.18. The predicted octanol–water partition coefficient (Wildman–Crippen LogP) is 1.44. The minimum absolute atomic E-state index is 0.359. The molecule has 0 saturated carbocycles. The molecule has 0 aliphatic rings. The number of nitriles is 1. The van der Waals surface area contributed by atoms with Crippen LogP contribution in [0.5, 0.6) is 5.75 Å². The van der Waals surface area contributed by atoms with Gasteiger partial charge in [0.2, 0.25) is 0 Å². The van der Waals surface area contributed by atoms with Crippen LogP contribution in [0.3, 0.4) is 0 Å². The van der Waals surface area contributed by atoms with Gasteiger partial charge in [-0.3, -0.25) is 0 Å². The van der Waals surface area contributed by atoms with Crippen molar-refractivity contribution in [3.63, 3.8) is 0 Å². The lowest BCUT2D eigenvalue weighted by Crippen LogP contribution is -2.34. The normalized spacial score (nSPS) is 11.3. The predicted molar refractivity (Wildman–Crippen MR) is 84.6 cm³/mol. The second-order valence-corrected chi connectivity index (χ2v) is 4.82. The summed E-state index contributed by atoms with van der Waals surface area (Å²) in [6, 6.07) is 12.2. The van der Waals surface area contributed by atoms with E-state index in [0.29, 0.717) is 34.9 Å². The Balaban J connectivity index is 2.26. The van der Waals surface area contributed by atoms with Gasteiger partial charge in [-0.15, -0.1) is 0 Å². The summed E-state index contributed by atoms with van der Waals surface area (Å²) >= 11 is 0. The highest BCUT2D eigenvalue weighted by atomic mass is 16.5. The van der Waals surface area contributed by atoms with E-state index in [1.54, 1.807) is 42.5 Å². The summed E-state index contributed by atoms with van der Waals surface area (Å²) in [5.41, 5.74) is 7.74. The first-order valence-corrected chi connectivity index (χ1v) is 7.05. The lowest BCUT2D eigenvalue weighted by Gasteiger charge is -2.22. The number of carboxylic acids is 1. The number of hydrogen-bond acceptors (Lipinski definition) is 6. The molecule has 0 aliphatic carbocycles. The number of carbonyl (C=O) groups is 1. The van der Waals surface area contributed by atoms with E-state index in [9.17, 15) is 9.90 Å². The summed E-state index contributed by atoms with van der Waals surface area (Å²) < 4.78 is 5.34. The third-order valence-electron chi connectivity index (χ3n) is 3.23. The van der Waals surface area contributed by atoms with Gasteiger partial charge in [0.05, 0.1) is 35.9 Å². The lowest BCUT2D eigenvalue weighted by atomic mass is 10.1. The van der Waals surface area contributed by atoms with Gasteiger partial charge in [0.25, 0.3) is 0 Å². The van der Waals surface area contributed by atoms with Crippen LogP contribution in [0.15, 0.2) is 42.5 Å². The Labute approximate surface area is 134 Å².